The van der Waals surface area contributed by atoms with Crippen molar-refractivity contribution in [3.63, 3.8) is 0 Å². The van der Waals surface area contributed by atoms with Gasteiger partial charge in [-0.05, 0) is 102 Å². The van der Waals surface area contributed by atoms with Crippen molar-refractivity contribution in [3.8, 4) is 28.3 Å². The molecule has 7 aromatic rings. The number of H-pyrrole nitrogens is 1. The standard InChI is InChI=1S/C47H38FN7O6/c1-25-17-27-19-38(43(56)34-22-50-55(44(34)49)39-16-15-29(18-26(39)2)61-42-14-8-7-13-36(42)48)52-37(27)21-40(25)54-45(57)41-20-28(23-53(41)47(54)59)51-46(58)60-24-35-32-11-5-3-9-30(32)31-10-4-6-12-33(31)35/h3-19,21-22,28,35,41,52H,20,23-24,49H2,1-2H3,(H,51,58). The van der Waals surface area contributed by atoms with Crippen LogP contribution in [0.4, 0.5) is 25.5 Å². The molecule has 2 fully saturated rings. The fraction of sp³-hybridized carbons (Fsp3) is 0.170. The number of fused-ring (bicyclic) bond motifs is 5. The third-order valence-electron chi connectivity index (χ3n) is 11.8. The Kier molecular flexibility index (Phi) is 8.93. The van der Waals surface area contributed by atoms with Crippen LogP contribution in [0.1, 0.15) is 50.6 Å². The minimum Gasteiger partial charge on any atom is -0.454 e. The summed E-state index contributed by atoms with van der Waals surface area (Å²) in [6, 6.07) is 30.9. The highest BCUT2D eigenvalue weighted by Gasteiger charge is 2.52. The van der Waals surface area contributed by atoms with Gasteiger partial charge in [-0.25, -0.2) is 23.6 Å². The number of nitrogen functional groups attached to an aromatic ring is 1. The number of hydrogen-bond donors (Lipinski definition) is 3. The summed E-state index contributed by atoms with van der Waals surface area (Å²) in [5, 5.41) is 7.97. The van der Waals surface area contributed by atoms with Crippen molar-refractivity contribution in [1.82, 2.24) is 25.0 Å². The number of aryl methyl sites for hydroxylation is 2. The number of ether oxygens (including phenoxy) is 2. The molecule has 4 amide bonds. The van der Waals surface area contributed by atoms with Gasteiger partial charge in [0.2, 0.25) is 5.78 Å². The summed E-state index contributed by atoms with van der Waals surface area (Å²) >= 11 is 0. The van der Waals surface area contributed by atoms with Crippen LogP contribution < -0.4 is 20.7 Å². The third kappa shape index (κ3) is 6.34. The first-order valence-electron chi connectivity index (χ1n) is 19.8. The third-order valence-corrected chi connectivity index (χ3v) is 11.8. The van der Waals surface area contributed by atoms with E-state index in [2.05, 4.69) is 39.7 Å². The van der Waals surface area contributed by atoms with Gasteiger partial charge in [-0.2, -0.15) is 5.10 Å². The number of rotatable bonds is 9. The van der Waals surface area contributed by atoms with E-state index in [-0.39, 0.29) is 48.3 Å². The fourth-order valence-corrected chi connectivity index (χ4v) is 8.89. The van der Waals surface area contributed by atoms with E-state index in [4.69, 9.17) is 15.2 Å². The average Bonchev–Trinajstić information content (AvgIpc) is 4.07. The number of carbonyl (C=O) groups excluding carboxylic acids is 4. The number of ketones is 1. The second-order valence-electron chi connectivity index (χ2n) is 15.6. The predicted octanol–water partition coefficient (Wildman–Crippen LogP) is 8.16. The van der Waals surface area contributed by atoms with E-state index in [0.29, 0.717) is 33.6 Å². The van der Waals surface area contributed by atoms with E-state index in [1.165, 1.54) is 32.8 Å². The van der Waals surface area contributed by atoms with Gasteiger partial charge >= 0.3 is 12.1 Å². The minimum atomic E-state index is -0.749. The number of para-hydroxylation sites is 1. The van der Waals surface area contributed by atoms with Crippen molar-refractivity contribution < 1.29 is 33.0 Å². The molecule has 3 aliphatic rings. The molecular weight excluding hydrogens is 778 g/mol. The number of amides is 4. The van der Waals surface area contributed by atoms with Crippen LogP contribution in [-0.2, 0) is 9.53 Å². The zero-order chi connectivity index (χ0) is 42.1. The Morgan fingerprint density at radius 2 is 1.59 bits per heavy atom. The molecule has 5 aromatic carbocycles. The van der Waals surface area contributed by atoms with Gasteiger partial charge in [0.1, 0.15) is 24.2 Å². The van der Waals surface area contributed by atoms with Gasteiger partial charge < -0.3 is 30.4 Å². The normalized spacial score (nSPS) is 16.8. The second kappa shape index (κ2) is 14.5. The number of nitrogens with two attached hydrogens (primary N) is 1. The number of benzene rings is 5. The maximum Gasteiger partial charge on any atom is 0.407 e. The maximum absolute atomic E-state index is 14.2. The van der Waals surface area contributed by atoms with Gasteiger partial charge in [0.05, 0.1) is 34.9 Å². The number of nitrogens with zero attached hydrogens (tertiary/aromatic N) is 4. The van der Waals surface area contributed by atoms with Gasteiger partial charge in [0.25, 0.3) is 5.91 Å². The van der Waals surface area contributed by atoms with E-state index in [9.17, 15) is 23.6 Å². The molecule has 13 nitrogen and oxygen atoms in total. The number of carbonyl (C=O) groups is 4. The highest BCUT2D eigenvalue weighted by atomic mass is 19.1. The van der Waals surface area contributed by atoms with Crippen LogP contribution in [-0.4, -0.2) is 68.7 Å². The smallest absolute Gasteiger partial charge is 0.407 e. The average molecular weight is 816 g/mol. The van der Waals surface area contributed by atoms with Crippen LogP contribution in [0.25, 0.3) is 27.7 Å². The summed E-state index contributed by atoms with van der Waals surface area (Å²) < 4.78 is 27.1. The van der Waals surface area contributed by atoms with Crippen molar-refractivity contribution in [3.05, 3.63) is 155 Å². The van der Waals surface area contributed by atoms with Crippen LogP contribution >= 0.6 is 0 Å². The predicted molar refractivity (Wildman–Crippen MR) is 226 cm³/mol. The number of alkyl carbamates (subject to hydrolysis) is 1. The molecule has 14 heteroatoms. The molecule has 2 unspecified atom stereocenters. The van der Waals surface area contributed by atoms with E-state index in [1.807, 2.05) is 37.3 Å². The molecule has 2 atom stereocenters. The van der Waals surface area contributed by atoms with Crippen LogP contribution in [0.3, 0.4) is 0 Å². The molecule has 61 heavy (non-hydrogen) atoms. The second-order valence-corrected chi connectivity index (χ2v) is 15.6. The fourth-order valence-electron chi connectivity index (χ4n) is 8.89. The molecule has 2 saturated heterocycles. The Labute approximate surface area is 348 Å². The van der Waals surface area contributed by atoms with Gasteiger partial charge in [-0.3, -0.25) is 9.59 Å². The van der Waals surface area contributed by atoms with E-state index in [0.717, 1.165) is 27.8 Å². The minimum absolute atomic E-state index is 0.0937. The Balaban J connectivity index is 0.805. The molecule has 0 radical (unpaired) electrons. The lowest BCUT2D eigenvalue weighted by molar-refractivity contribution is -0.119. The van der Waals surface area contributed by atoms with Crippen molar-refractivity contribution in [2.75, 3.05) is 23.8 Å². The lowest BCUT2D eigenvalue weighted by Crippen LogP contribution is -2.41. The summed E-state index contributed by atoms with van der Waals surface area (Å²) in [5.41, 5.74) is 14.3. The Morgan fingerprint density at radius 3 is 2.31 bits per heavy atom. The number of hydrogen-bond acceptors (Lipinski definition) is 8. The SMILES string of the molecule is Cc1cc2cc(C(=O)c3cnn(-c4ccc(Oc5ccccc5F)cc4C)c3N)[nH]c2cc1N1C(=O)C2CC(NC(=O)OCC3c4ccccc4-c4ccccc43)CN2C1=O. The first-order valence-corrected chi connectivity index (χ1v) is 19.8. The lowest BCUT2D eigenvalue weighted by atomic mass is 9.98. The topological polar surface area (TPSA) is 165 Å². The zero-order valence-corrected chi connectivity index (χ0v) is 33.0. The molecule has 0 saturated carbocycles. The molecular formula is C47H38FN7O6. The maximum atomic E-state index is 14.2. The molecule has 1 aliphatic carbocycles. The molecule has 4 heterocycles. The van der Waals surface area contributed by atoms with E-state index >= 15 is 0 Å². The van der Waals surface area contributed by atoms with Crippen LogP contribution in [0.15, 0.2) is 115 Å². The van der Waals surface area contributed by atoms with E-state index in [1.54, 1.807) is 49.4 Å². The van der Waals surface area contributed by atoms with Crippen molar-refractivity contribution >= 4 is 46.2 Å². The van der Waals surface area contributed by atoms with Crippen molar-refractivity contribution in [1.29, 1.82) is 0 Å². The van der Waals surface area contributed by atoms with Crippen molar-refractivity contribution in [2.24, 2.45) is 0 Å². The zero-order valence-electron chi connectivity index (χ0n) is 33.0. The van der Waals surface area contributed by atoms with Crippen LogP contribution in [0, 0.1) is 19.7 Å². The number of imide groups is 1. The lowest BCUT2D eigenvalue weighted by Gasteiger charge is -2.20. The number of anilines is 2. The first-order chi connectivity index (χ1) is 29.5. The summed E-state index contributed by atoms with van der Waals surface area (Å²) in [6.45, 7) is 3.93. The number of aromatic nitrogens is 3. The Morgan fingerprint density at radius 1 is 0.885 bits per heavy atom. The molecule has 2 aliphatic heterocycles. The number of halogens is 1. The number of urea groups is 1. The molecule has 304 valence electrons. The molecule has 0 spiro atoms. The van der Waals surface area contributed by atoms with Gasteiger partial charge in [-0.15, -0.1) is 0 Å². The summed E-state index contributed by atoms with van der Waals surface area (Å²) in [5.74, 6) is -0.740. The van der Waals surface area contributed by atoms with E-state index < -0.39 is 41.7 Å². The number of nitrogens with one attached hydrogen (secondary N) is 2. The van der Waals surface area contributed by atoms with Gasteiger partial charge in [0.15, 0.2) is 11.6 Å². The quantitative estimate of drug-likeness (QED) is 0.0971. The summed E-state index contributed by atoms with van der Waals surface area (Å²) in [6.07, 6.45) is 1.04. The van der Waals surface area contributed by atoms with Crippen LogP contribution in [0.2, 0.25) is 0 Å². The highest BCUT2D eigenvalue weighted by Crippen LogP contribution is 2.44. The Hall–Kier alpha value is -7.74. The van der Waals surface area contributed by atoms with Crippen molar-refractivity contribution in [2.45, 2.75) is 38.3 Å². The van der Waals surface area contributed by atoms with Crippen LogP contribution in [0.5, 0.6) is 11.5 Å². The monoisotopic (exact) mass is 815 g/mol. The molecule has 0 bridgehead atoms. The number of aromatic amines is 1. The molecule has 2 aromatic heterocycles. The Bertz CT molecular complexity index is 2910. The first kappa shape index (κ1) is 37.5. The van der Waals surface area contributed by atoms with Gasteiger partial charge in [0, 0.05) is 23.4 Å². The summed E-state index contributed by atoms with van der Waals surface area (Å²) in [7, 11) is 0. The largest absolute Gasteiger partial charge is 0.454 e. The highest BCUT2D eigenvalue weighted by molar-refractivity contribution is 6.22. The molecule has 10 rings (SSSR count). The summed E-state index contributed by atoms with van der Waals surface area (Å²) in [4.78, 5) is 60.4. The van der Waals surface area contributed by atoms with Gasteiger partial charge in [-0.1, -0.05) is 60.7 Å². The molecule has 4 N–H and O–H groups in total.